The Morgan fingerprint density at radius 3 is 2.62 bits per heavy atom. The van der Waals surface area contributed by atoms with Crippen LogP contribution in [0.25, 0.3) is 0 Å². The zero-order valence-corrected chi connectivity index (χ0v) is 14.6. The molecule has 0 bridgehead atoms. The summed E-state index contributed by atoms with van der Waals surface area (Å²) in [6.07, 6.45) is 9.59. The van der Waals surface area contributed by atoms with Crippen molar-refractivity contribution in [1.29, 1.82) is 0 Å². The Hall–Kier alpha value is -2.10. The molecule has 0 saturated heterocycles. The van der Waals surface area contributed by atoms with Crippen LogP contribution in [0.1, 0.15) is 51.4 Å². The van der Waals surface area contributed by atoms with Crippen molar-refractivity contribution in [3.8, 4) is 0 Å². The highest BCUT2D eigenvalue weighted by molar-refractivity contribution is 5.92. The summed E-state index contributed by atoms with van der Waals surface area (Å²) in [5.74, 6) is 0.0861. The second-order valence-corrected chi connectivity index (χ2v) is 6.35. The predicted octanol–water partition coefficient (Wildman–Crippen LogP) is 3.83. The summed E-state index contributed by atoms with van der Waals surface area (Å²) in [6.45, 7) is 0.711. The highest BCUT2D eigenvalue weighted by atomic mass is 16.2. The topological polar surface area (TPSA) is 49.4 Å². The van der Waals surface area contributed by atoms with Gasteiger partial charge >= 0.3 is 0 Å². The smallest absolute Gasteiger partial charge is 0.226 e. The van der Waals surface area contributed by atoms with E-state index < -0.39 is 0 Å². The second-order valence-electron chi connectivity index (χ2n) is 6.35. The molecule has 1 aliphatic rings. The summed E-state index contributed by atoms with van der Waals surface area (Å²) in [6, 6.07) is 9.56. The number of para-hydroxylation sites is 1. The van der Waals surface area contributed by atoms with Gasteiger partial charge in [-0.05, 0) is 50.7 Å². The number of nitrogens with one attached hydrogen (secondary N) is 1. The molecule has 0 aromatic heterocycles. The van der Waals surface area contributed by atoms with Crippen molar-refractivity contribution in [2.45, 2.75) is 51.4 Å². The molecule has 0 spiro atoms. The van der Waals surface area contributed by atoms with Crippen LogP contribution in [0.2, 0.25) is 0 Å². The van der Waals surface area contributed by atoms with Crippen molar-refractivity contribution >= 4 is 17.5 Å². The fourth-order valence-corrected chi connectivity index (χ4v) is 2.95. The lowest BCUT2D eigenvalue weighted by atomic mass is 9.97. The Morgan fingerprint density at radius 1 is 1.12 bits per heavy atom. The van der Waals surface area contributed by atoms with Crippen LogP contribution in [0.3, 0.4) is 0 Å². The standard InChI is InChI=1S/C20H28N2O2/c1-22(18-11-6-3-7-12-18)20(24)14-8-13-19(23)21-16-15-17-9-4-2-5-10-17/h3,6-7,9,11-12H,2,4-5,8,10,13-16H2,1H3,(H,21,23). The average molecular weight is 328 g/mol. The largest absolute Gasteiger partial charge is 0.356 e. The lowest BCUT2D eigenvalue weighted by Gasteiger charge is -2.17. The van der Waals surface area contributed by atoms with E-state index >= 15 is 0 Å². The number of carbonyl (C=O) groups excluding carboxylic acids is 2. The van der Waals surface area contributed by atoms with Crippen LogP contribution < -0.4 is 10.2 Å². The minimum Gasteiger partial charge on any atom is -0.356 e. The SMILES string of the molecule is CN(C(=O)CCCC(=O)NCCC1=CCCCC1)c1ccccc1. The first-order valence-corrected chi connectivity index (χ1v) is 8.93. The van der Waals surface area contributed by atoms with Crippen molar-refractivity contribution in [3.05, 3.63) is 42.0 Å². The number of anilines is 1. The van der Waals surface area contributed by atoms with Gasteiger partial charge in [-0.25, -0.2) is 0 Å². The van der Waals surface area contributed by atoms with E-state index in [0.717, 1.165) is 12.1 Å². The van der Waals surface area contributed by atoms with Crippen LogP contribution in [-0.2, 0) is 9.59 Å². The monoisotopic (exact) mass is 328 g/mol. The molecule has 0 aliphatic heterocycles. The summed E-state index contributed by atoms with van der Waals surface area (Å²) in [5.41, 5.74) is 2.36. The molecular weight excluding hydrogens is 300 g/mol. The van der Waals surface area contributed by atoms with Crippen molar-refractivity contribution < 1.29 is 9.59 Å². The van der Waals surface area contributed by atoms with Gasteiger partial charge in [0.1, 0.15) is 0 Å². The minimum absolute atomic E-state index is 0.0429. The molecule has 0 unspecified atom stereocenters. The molecule has 130 valence electrons. The lowest BCUT2D eigenvalue weighted by Crippen LogP contribution is -2.27. The first-order valence-electron chi connectivity index (χ1n) is 8.93. The van der Waals surface area contributed by atoms with Gasteiger partial charge in [0.2, 0.25) is 11.8 Å². The molecule has 24 heavy (non-hydrogen) atoms. The van der Waals surface area contributed by atoms with Crippen LogP contribution in [0.5, 0.6) is 0 Å². The highest BCUT2D eigenvalue weighted by Gasteiger charge is 2.11. The van der Waals surface area contributed by atoms with E-state index in [0.29, 0.717) is 25.8 Å². The van der Waals surface area contributed by atoms with Gasteiger partial charge in [-0.1, -0.05) is 29.8 Å². The third-order valence-corrected chi connectivity index (χ3v) is 4.47. The van der Waals surface area contributed by atoms with Crippen LogP contribution >= 0.6 is 0 Å². The summed E-state index contributed by atoms with van der Waals surface area (Å²) in [4.78, 5) is 25.6. The van der Waals surface area contributed by atoms with E-state index in [1.165, 1.54) is 31.3 Å². The number of benzene rings is 1. The highest BCUT2D eigenvalue weighted by Crippen LogP contribution is 2.19. The Morgan fingerprint density at radius 2 is 1.92 bits per heavy atom. The first-order chi connectivity index (χ1) is 11.7. The molecule has 2 amide bonds. The van der Waals surface area contributed by atoms with Gasteiger partial charge < -0.3 is 10.2 Å². The third-order valence-electron chi connectivity index (χ3n) is 4.47. The number of amides is 2. The number of rotatable bonds is 8. The lowest BCUT2D eigenvalue weighted by molar-refractivity contribution is -0.121. The first kappa shape index (κ1) is 18.2. The van der Waals surface area contributed by atoms with E-state index in [2.05, 4.69) is 11.4 Å². The summed E-state index contributed by atoms with van der Waals surface area (Å²) >= 11 is 0. The maximum absolute atomic E-state index is 12.1. The van der Waals surface area contributed by atoms with Crippen LogP contribution in [0, 0.1) is 0 Å². The van der Waals surface area contributed by atoms with Crippen LogP contribution in [-0.4, -0.2) is 25.4 Å². The molecule has 4 nitrogen and oxygen atoms in total. The van der Waals surface area contributed by atoms with Gasteiger partial charge in [0.05, 0.1) is 0 Å². The van der Waals surface area contributed by atoms with E-state index in [1.807, 2.05) is 30.3 Å². The third kappa shape index (κ3) is 6.19. The molecule has 0 saturated carbocycles. The fraction of sp³-hybridized carbons (Fsp3) is 0.500. The molecule has 1 aliphatic carbocycles. The van der Waals surface area contributed by atoms with E-state index in [9.17, 15) is 9.59 Å². The Kier molecular flexibility index (Phi) is 7.53. The number of hydrogen-bond donors (Lipinski definition) is 1. The fourth-order valence-electron chi connectivity index (χ4n) is 2.95. The number of hydrogen-bond acceptors (Lipinski definition) is 2. The second kappa shape index (κ2) is 9.91. The molecule has 1 aromatic carbocycles. The van der Waals surface area contributed by atoms with Crippen molar-refractivity contribution in [1.82, 2.24) is 5.32 Å². The van der Waals surface area contributed by atoms with Gasteiger partial charge in [0.25, 0.3) is 0 Å². The van der Waals surface area contributed by atoms with Crippen molar-refractivity contribution in [2.75, 3.05) is 18.5 Å². The molecule has 0 fully saturated rings. The Balaban J connectivity index is 1.60. The van der Waals surface area contributed by atoms with Crippen LogP contribution in [0.15, 0.2) is 42.0 Å². The Bertz CT molecular complexity index is 566. The minimum atomic E-state index is 0.0429. The maximum atomic E-state index is 12.1. The van der Waals surface area contributed by atoms with Crippen molar-refractivity contribution in [3.63, 3.8) is 0 Å². The zero-order valence-electron chi connectivity index (χ0n) is 14.6. The maximum Gasteiger partial charge on any atom is 0.226 e. The van der Waals surface area contributed by atoms with E-state index in [-0.39, 0.29) is 11.8 Å². The average Bonchev–Trinajstić information content (AvgIpc) is 2.62. The molecule has 1 N–H and O–H groups in total. The normalized spacial score (nSPS) is 14.0. The van der Waals surface area contributed by atoms with E-state index in [1.54, 1.807) is 11.9 Å². The van der Waals surface area contributed by atoms with Gasteiger partial charge in [-0.15, -0.1) is 0 Å². The molecule has 0 heterocycles. The van der Waals surface area contributed by atoms with Gasteiger partial charge in [0.15, 0.2) is 0 Å². The Labute approximate surface area is 144 Å². The van der Waals surface area contributed by atoms with Gasteiger partial charge in [0, 0.05) is 32.1 Å². The molecule has 0 radical (unpaired) electrons. The quantitative estimate of drug-likeness (QED) is 0.737. The van der Waals surface area contributed by atoms with E-state index in [4.69, 9.17) is 0 Å². The molecule has 4 heteroatoms. The molecule has 0 atom stereocenters. The molecular formula is C20H28N2O2. The predicted molar refractivity (Wildman–Crippen MR) is 97.9 cm³/mol. The van der Waals surface area contributed by atoms with Crippen molar-refractivity contribution in [2.24, 2.45) is 0 Å². The number of allylic oxidation sites excluding steroid dienone is 1. The van der Waals surface area contributed by atoms with Gasteiger partial charge in [-0.3, -0.25) is 9.59 Å². The summed E-state index contributed by atoms with van der Waals surface area (Å²) in [7, 11) is 1.77. The summed E-state index contributed by atoms with van der Waals surface area (Å²) < 4.78 is 0. The number of nitrogens with zero attached hydrogens (tertiary/aromatic N) is 1. The summed E-state index contributed by atoms with van der Waals surface area (Å²) in [5, 5.41) is 2.96. The molecule has 1 aromatic rings. The van der Waals surface area contributed by atoms with Gasteiger partial charge in [-0.2, -0.15) is 0 Å². The van der Waals surface area contributed by atoms with Crippen LogP contribution in [0.4, 0.5) is 5.69 Å². The molecule has 2 rings (SSSR count). The zero-order chi connectivity index (χ0) is 17.2. The number of carbonyl (C=O) groups is 2.